The number of rotatable bonds is 4. The van der Waals surface area contributed by atoms with E-state index in [1.807, 2.05) is 0 Å². The van der Waals surface area contributed by atoms with Crippen LogP contribution in [-0.4, -0.2) is 45.0 Å². The zero-order valence-corrected chi connectivity index (χ0v) is 15.9. The quantitative estimate of drug-likeness (QED) is 0.616. The normalized spacial score (nSPS) is 16.9. The summed E-state index contributed by atoms with van der Waals surface area (Å²) in [6.07, 6.45) is -3.69. The van der Waals surface area contributed by atoms with Crippen LogP contribution in [-0.2, 0) is 15.8 Å². The molecule has 0 aliphatic carbocycles. The third kappa shape index (κ3) is 4.37. The predicted octanol–water partition coefficient (Wildman–Crippen LogP) is 2.85. The highest BCUT2D eigenvalue weighted by molar-refractivity contribution is 8.00. The number of nitrogens with two attached hydrogens (primary N) is 1. The SMILES string of the molecule is CC(Sc1nc(C(F)(F)F)nc2ccccc12)C(=O)N1CCC(C(N)=O)CC1. The molecule has 3 rings (SSSR count). The number of likely N-dealkylation sites (tertiary alicyclic amines) is 1. The molecule has 2 amide bonds. The monoisotopic (exact) mass is 412 g/mol. The van der Waals surface area contributed by atoms with E-state index in [9.17, 15) is 22.8 Å². The predicted molar refractivity (Wildman–Crippen MR) is 98.4 cm³/mol. The van der Waals surface area contributed by atoms with Gasteiger partial charge in [0.2, 0.25) is 17.6 Å². The van der Waals surface area contributed by atoms with Crippen molar-refractivity contribution in [1.29, 1.82) is 0 Å². The van der Waals surface area contributed by atoms with Gasteiger partial charge in [-0.2, -0.15) is 13.2 Å². The van der Waals surface area contributed by atoms with Gasteiger partial charge in [0, 0.05) is 24.4 Å². The van der Waals surface area contributed by atoms with E-state index in [1.165, 1.54) is 6.07 Å². The minimum absolute atomic E-state index is 0.116. The van der Waals surface area contributed by atoms with Crippen molar-refractivity contribution in [3.8, 4) is 0 Å². The first-order chi connectivity index (χ1) is 13.2. The molecule has 0 spiro atoms. The van der Waals surface area contributed by atoms with Crippen molar-refractivity contribution in [1.82, 2.24) is 14.9 Å². The summed E-state index contributed by atoms with van der Waals surface area (Å²) in [6, 6.07) is 6.40. The molecule has 1 fully saturated rings. The van der Waals surface area contributed by atoms with E-state index in [2.05, 4.69) is 9.97 Å². The van der Waals surface area contributed by atoms with Crippen molar-refractivity contribution >= 4 is 34.5 Å². The van der Waals surface area contributed by atoms with Crippen LogP contribution in [0.5, 0.6) is 0 Å². The molecule has 1 aromatic carbocycles. The average molecular weight is 412 g/mol. The summed E-state index contributed by atoms with van der Waals surface area (Å²) < 4.78 is 39.4. The first-order valence-electron chi connectivity index (χ1n) is 8.75. The Balaban J connectivity index is 1.80. The second-order valence-electron chi connectivity index (χ2n) is 6.63. The summed E-state index contributed by atoms with van der Waals surface area (Å²) in [4.78, 5) is 32.8. The molecule has 0 bridgehead atoms. The molecular formula is C18H19F3N4O2S. The van der Waals surface area contributed by atoms with Crippen molar-refractivity contribution in [3.05, 3.63) is 30.1 Å². The molecule has 2 N–H and O–H groups in total. The molecule has 150 valence electrons. The summed E-state index contributed by atoms with van der Waals surface area (Å²) >= 11 is 0.978. The number of fused-ring (bicyclic) bond motifs is 1. The minimum atomic E-state index is -4.68. The number of hydrogen-bond acceptors (Lipinski definition) is 5. The van der Waals surface area contributed by atoms with Crippen LogP contribution in [0.15, 0.2) is 29.3 Å². The van der Waals surface area contributed by atoms with Crippen molar-refractivity contribution in [2.75, 3.05) is 13.1 Å². The Labute approximate surface area is 163 Å². The van der Waals surface area contributed by atoms with Crippen LogP contribution in [0.25, 0.3) is 10.9 Å². The fourth-order valence-electron chi connectivity index (χ4n) is 3.12. The molecule has 2 heterocycles. The maximum Gasteiger partial charge on any atom is 0.451 e. The number of halogens is 3. The number of benzene rings is 1. The van der Waals surface area contributed by atoms with E-state index in [4.69, 9.17) is 5.73 Å². The highest BCUT2D eigenvalue weighted by Gasteiger charge is 2.36. The van der Waals surface area contributed by atoms with E-state index < -0.39 is 17.3 Å². The lowest BCUT2D eigenvalue weighted by molar-refractivity contribution is -0.145. The van der Waals surface area contributed by atoms with E-state index in [0.29, 0.717) is 31.3 Å². The van der Waals surface area contributed by atoms with E-state index >= 15 is 0 Å². The molecule has 2 aromatic rings. The Kier molecular flexibility index (Phi) is 5.78. The topological polar surface area (TPSA) is 89.2 Å². The molecule has 0 radical (unpaired) electrons. The second-order valence-corrected chi connectivity index (χ2v) is 7.96. The molecule has 0 saturated carbocycles. The fraction of sp³-hybridized carbons (Fsp3) is 0.444. The van der Waals surface area contributed by atoms with Gasteiger partial charge in [-0.1, -0.05) is 30.0 Å². The largest absolute Gasteiger partial charge is 0.451 e. The van der Waals surface area contributed by atoms with Gasteiger partial charge in [0.1, 0.15) is 5.03 Å². The van der Waals surface area contributed by atoms with Crippen LogP contribution >= 0.6 is 11.8 Å². The molecule has 1 saturated heterocycles. The number of aromatic nitrogens is 2. The van der Waals surface area contributed by atoms with Crippen molar-refractivity contribution in [2.24, 2.45) is 11.7 Å². The number of piperidine rings is 1. The summed E-state index contributed by atoms with van der Waals surface area (Å²) in [5, 5.41) is -0.0529. The zero-order valence-electron chi connectivity index (χ0n) is 15.1. The third-order valence-corrected chi connectivity index (χ3v) is 5.76. The first kappa shape index (κ1) is 20.4. The molecule has 6 nitrogen and oxygen atoms in total. The van der Waals surface area contributed by atoms with Gasteiger partial charge in [0.15, 0.2) is 0 Å². The summed E-state index contributed by atoms with van der Waals surface area (Å²) in [7, 11) is 0. The summed E-state index contributed by atoms with van der Waals surface area (Å²) in [5.74, 6) is -2.05. The highest BCUT2D eigenvalue weighted by Crippen LogP contribution is 2.34. The summed E-state index contributed by atoms with van der Waals surface area (Å²) in [6.45, 7) is 2.43. The van der Waals surface area contributed by atoms with Gasteiger partial charge in [-0.25, -0.2) is 9.97 Å². The van der Waals surface area contributed by atoms with Gasteiger partial charge in [-0.3, -0.25) is 9.59 Å². The number of nitrogens with zero attached hydrogens (tertiary/aromatic N) is 3. The first-order valence-corrected chi connectivity index (χ1v) is 9.63. The number of alkyl halides is 3. The number of thioether (sulfide) groups is 1. The van der Waals surface area contributed by atoms with Gasteiger partial charge in [-0.05, 0) is 25.8 Å². The number of hydrogen-bond donors (Lipinski definition) is 1. The van der Waals surface area contributed by atoms with Gasteiger partial charge in [0.25, 0.3) is 0 Å². The third-order valence-electron chi connectivity index (χ3n) is 4.67. The molecule has 1 atom stereocenters. The van der Waals surface area contributed by atoms with Crippen LogP contribution in [0.2, 0.25) is 0 Å². The second kappa shape index (κ2) is 7.94. The van der Waals surface area contributed by atoms with Gasteiger partial charge in [0.05, 0.1) is 10.8 Å². The minimum Gasteiger partial charge on any atom is -0.369 e. The number of carbonyl (C=O) groups is 2. The maximum atomic E-state index is 13.1. The molecule has 10 heteroatoms. The number of para-hydroxylation sites is 1. The van der Waals surface area contributed by atoms with Crippen molar-refractivity contribution in [3.63, 3.8) is 0 Å². The average Bonchev–Trinajstić information content (AvgIpc) is 2.66. The molecule has 28 heavy (non-hydrogen) atoms. The van der Waals surface area contributed by atoms with E-state index in [0.717, 1.165) is 11.8 Å². The van der Waals surface area contributed by atoms with E-state index in [-0.39, 0.29) is 28.3 Å². The molecular weight excluding hydrogens is 393 g/mol. The number of amides is 2. The van der Waals surface area contributed by atoms with Gasteiger partial charge < -0.3 is 10.6 Å². The van der Waals surface area contributed by atoms with Gasteiger partial charge >= 0.3 is 6.18 Å². The molecule has 1 aromatic heterocycles. The lowest BCUT2D eigenvalue weighted by Gasteiger charge is -2.32. The Bertz CT molecular complexity index is 898. The van der Waals surface area contributed by atoms with E-state index in [1.54, 1.807) is 30.0 Å². The van der Waals surface area contributed by atoms with Gasteiger partial charge in [-0.15, -0.1) is 0 Å². The number of carbonyl (C=O) groups excluding carboxylic acids is 2. The standard InChI is InChI=1S/C18H19F3N4O2S/c1-10(16(27)25-8-6-11(7-9-25)14(22)26)28-15-12-4-2-3-5-13(12)23-17(24-15)18(19,20)21/h2-5,10-11H,6-9H2,1H3,(H2,22,26). The van der Waals surface area contributed by atoms with Crippen LogP contribution in [0.4, 0.5) is 13.2 Å². The van der Waals surface area contributed by atoms with Crippen LogP contribution in [0.1, 0.15) is 25.6 Å². The smallest absolute Gasteiger partial charge is 0.369 e. The number of primary amides is 1. The summed E-state index contributed by atoms with van der Waals surface area (Å²) in [5.41, 5.74) is 5.48. The van der Waals surface area contributed by atoms with Crippen molar-refractivity contribution < 1.29 is 22.8 Å². The van der Waals surface area contributed by atoms with Crippen LogP contribution in [0, 0.1) is 5.92 Å². The Morgan fingerprint density at radius 2 is 1.86 bits per heavy atom. The van der Waals surface area contributed by atoms with Crippen LogP contribution < -0.4 is 5.73 Å². The lowest BCUT2D eigenvalue weighted by atomic mass is 9.96. The molecule has 1 unspecified atom stereocenters. The van der Waals surface area contributed by atoms with Crippen LogP contribution in [0.3, 0.4) is 0 Å². The maximum absolute atomic E-state index is 13.1. The zero-order chi connectivity index (χ0) is 20.5. The molecule has 1 aliphatic heterocycles. The molecule has 1 aliphatic rings. The fourth-order valence-corrected chi connectivity index (χ4v) is 4.15. The lowest BCUT2D eigenvalue weighted by Crippen LogP contribution is -2.44. The Morgan fingerprint density at radius 1 is 1.21 bits per heavy atom. The highest BCUT2D eigenvalue weighted by atomic mass is 32.2. The van der Waals surface area contributed by atoms with Crippen molar-refractivity contribution in [2.45, 2.75) is 36.2 Å². The Morgan fingerprint density at radius 3 is 2.46 bits per heavy atom. The Hall–Kier alpha value is -2.36.